The van der Waals surface area contributed by atoms with Gasteiger partial charge < -0.3 is 10.2 Å². The molecule has 0 bridgehead atoms. The highest BCUT2D eigenvalue weighted by molar-refractivity contribution is 5.77. The minimum absolute atomic E-state index is 0.0221. The van der Waals surface area contributed by atoms with Crippen LogP contribution in [0.25, 0.3) is 0 Å². The van der Waals surface area contributed by atoms with Crippen molar-refractivity contribution in [1.29, 1.82) is 0 Å². The summed E-state index contributed by atoms with van der Waals surface area (Å²) in [6, 6.07) is 0. The van der Waals surface area contributed by atoms with E-state index >= 15 is 0 Å². The van der Waals surface area contributed by atoms with Crippen molar-refractivity contribution in [2.45, 2.75) is 32.5 Å². The molecule has 0 rings (SSSR count). The minimum Gasteiger partial charge on any atom is -0.377 e. The van der Waals surface area contributed by atoms with E-state index in [0.717, 1.165) is 12.3 Å². The summed E-state index contributed by atoms with van der Waals surface area (Å²) in [5.41, 5.74) is -1.08. The summed E-state index contributed by atoms with van der Waals surface area (Å²) in [7, 11) is 3.36. The van der Waals surface area contributed by atoms with E-state index in [2.05, 4.69) is 28.6 Å². The van der Waals surface area contributed by atoms with Gasteiger partial charge in [0.25, 0.3) is 0 Å². The Morgan fingerprint density at radius 2 is 1.92 bits per heavy atom. The molecule has 1 unspecified atom stereocenters. The third-order valence-electron chi connectivity index (χ3n) is 3.96. The monoisotopic (exact) mass is 358 g/mol. The Balaban J connectivity index is 4.98. The second-order valence-corrected chi connectivity index (χ2v) is 6.19. The van der Waals surface area contributed by atoms with Crippen molar-refractivity contribution in [3.63, 3.8) is 0 Å². The number of hydrogen-bond acceptors (Lipinski definition) is 4. The topological polar surface area (TPSA) is 40.0 Å². The van der Waals surface area contributed by atoms with Gasteiger partial charge in [-0.2, -0.15) is 13.2 Å². The fraction of sp³-hybridized carbons (Fsp3) is 0.556. The number of alkyl halides is 3. The summed E-state index contributed by atoms with van der Waals surface area (Å²) >= 11 is 0. The van der Waals surface area contributed by atoms with Crippen molar-refractivity contribution in [3.8, 4) is 0 Å². The molecule has 0 aromatic carbocycles. The molecule has 0 saturated carbocycles. The fourth-order valence-electron chi connectivity index (χ4n) is 1.85. The number of halogens is 3. The van der Waals surface area contributed by atoms with E-state index in [9.17, 15) is 13.2 Å². The molecule has 2 atom stereocenters. The lowest BCUT2D eigenvalue weighted by Crippen LogP contribution is -2.41. The molecule has 0 aliphatic rings. The molecule has 7 heteroatoms. The predicted octanol–water partition coefficient (Wildman–Crippen LogP) is 3.84. The van der Waals surface area contributed by atoms with Crippen molar-refractivity contribution < 1.29 is 13.2 Å². The summed E-state index contributed by atoms with van der Waals surface area (Å²) in [5, 5.41) is 2.98. The molecule has 142 valence electrons. The first-order valence-corrected chi connectivity index (χ1v) is 7.97. The zero-order valence-electron chi connectivity index (χ0n) is 15.7. The Hall–Kier alpha value is -1.89. The van der Waals surface area contributed by atoms with Gasteiger partial charge in [0.05, 0.1) is 11.8 Å². The number of rotatable bonds is 10. The summed E-state index contributed by atoms with van der Waals surface area (Å²) in [5.74, 6) is 0.106. The molecule has 4 nitrogen and oxygen atoms in total. The van der Waals surface area contributed by atoms with Gasteiger partial charge in [0.2, 0.25) is 0 Å². The van der Waals surface area contributed by atoms with E-state index in [-0.39, 0.29) is 12.5 Å². The van der Waals surface area contributed by atoms with Gasteiger partial charge in [0, 0.05) is 38.8 Å². The summed E-state index contributed by atoms with van der Waals surface area (Å²) in [4.78, 5) is 9.23. The summed E-state index contributed by atoms with van der Waals surface area (Å²) < 4.78 is 39.1. The number of hydrogen-bond donors (Lipinski definition) is 1. The lowest BCUT2D eigenvalue weighted by atomic mass is 9.87. The molecule has 0 fully saturated rings. The van der Waals surface area contributed by atoms with E-state index in [1.165, 1.54) is 0 Å². The quantitative estimate of drug-likeness (QED) is 0.366. The molecule has 0 aromatic heterocycles. The van der Waals surface area contributed by atoms with Gasteiger partial charge >= 0.3 is 6.18 Å². The van der Waals surface area contributed by atoms with E-state index in [4.69, 9.17) is 0 Å². The van der Waals surface area contributed by atoms with Crippen LogP contribution < -0.4 is 5.32 Å². The zero-order valence-corrected chi connectivity index (χ0v) is 15.7. The van der Waals surface area contributed by atoms with Gasteiger partial charge in [-0.05, 0) is 26.6 Å². The van der Waals surface area contributed by atoms with Crippen molar-refractivity contribution in [3.05, 3.63) is 36.2 Å². The largest absolute Gasteiger partial charge is 0.433 e. The number of allylic oxidation sites excluding steroid dienone is 3. The van der Waals surface area contributed by atoms with Crippen LogP contribution in [0.3, 0.4) is 0 Å². The van der Waals surface area contributed by atoms with E-state index < -0.39 is 17.4 Å². The molecular formula is C18H29F3N4. The van der Waals surface area contributed by atoms with Crippen LogP contribution in [0.4, 0.5) is 13.2 Å². The fourth-order valence-corrected chi connectivity index (χ4v) is 1.85. The molecule has 25 heavy (non-hydrogen) atoms. The SMILES string of the molecule is C=N[C@@](C)(CNC/C=C(\N=C/C(=C)N(C)C)C(F)(F)F)C(C)/C=C\C. The van der Waals surface area contributed by atoms with E-state index in [0.29, 0.717) is 12.2 Å². The molecular weight excluding hydrogens is 329 g/mol. The van der Waals surface area contributed by atoms with Gasteiger partial charge in [-0.1, -0.05) is 25.7 Å². The average Bonchev–Trinajstić information content (AvgIpc) is 2.52. The smallest absolute Gasteiger partial charge is 0.377 e. The van der Waals surface area contributed by atoms with Crippen molar-refractivity contribution in [2.24, 2.45) is 15.9 Å². The predicted molar refractivity (Wildman–Crippen MR) is 100 cm³/mol. The lowest BCUT2D eigenvalue weighted by Gasteiger charge is -2.30. The van der Waals surface area contributed by atoms with Crippen LogP contribution in [-0.2, 0) is 0 Å². The van der Waals surface area contributed by atoms with Crippen molar-refractivity contribution >= 4 is 12.9 Å². The maximum absolute atomic E-state index is 13.0. The molecule has 0 aromatic rings. The Bertz CT molecular complexity index is 533. The average molecular weight is 358 g/mol. The molecule has 0 radical (unpaired) electrons. The van der Waals surface area contributed by atoms with E-state index in [1.54, 1.807) is 19.0 Å². The Morgan fingerprint density at radius 3 is 2.36 bits per heavy atom. The van der Waals surface area contributed by atoms with Gasteiger partial charge in [0.15, 0.2) is 0 Å². The zero-order chi connectivity index (χ0) is 19.7. The van der Waals surface area contributed by atoms with Gasteiger partial charge in [-0.25, -0.2) is 4.99 Å². The first-order chi connectivity index (χ1) is 11.5. The van der Waals surface area contributed by atoms with Crippen LogP contribution >= 0.6 is 0 Å². The summed E-state index contributed by atoms with van der Waals surface area (Å²) in [6.07, 6.45) is 1.50. The van der Waals surface area contributed by atoms with Gasteiger partial charge in [0.1, 0.15) is 5.70 Å². The van der Waals surface area contributed by atoms with E-state index in [1.807, 2.05) is 32.9 Å². The third kappa shape index (κ3) is 8.16. The molecule has 0 aliphatic heterocycles. The molecule has 1 N–H and O–H groups in total. The molecule has 0 spiro atoms. The van der Waals surface area contributed by atoms with Crippen LogP contribution in [0.1, 0.15) is 20.8 Å². The number of aliphatic imine (C=N–C) groups is 2. The summed E-state index contributed by atoms with van der Waals surface area (Å²) in [6.45, 7) is 13.5. The van der Waals surface area contributed by atoms with Crippen LogP contribution in [0.5, 0.6) is 0 Å². The Kier molecular flexibility index (Phi) is 9.41. The molecule has 0 heterocycles. The standard InChI is InChI=1S/C18H29F3N4/c1-8-9-14(2)17(4,22-5)13-23-11-10-16(18(19,20)21)24-12-15(3)25(6)7/h8-10,12,14,23H,3,5,11,13H2,1-2,4,6-7H3/b9-8-,16-10-,24-12-/t14?,17-/m0/s1. The maximum atomic E-state index is 13.0. The highest BCUT2D eigenvalue weighted by Gasteiger charge is 2.33. The van der Waals surface area contributed by atoms with Crippen LogP contribution in [0.2, 0.25) is 0 Å². The number of nitrogens with zero attached hydrogens (tertiary/aromatic N) is 3. The number of nitrogens with one attached hydrogen (secondary N) is 1. The molecule has 0 saturated heterocycles. The first-order valence-electron chi connectivity index (χ1n) is 7.97. The van der Waals surface area contributed by atoms with Crippen LogP contribution in [0, 0.1) is 5.92 Å². The van der Waals surface area contributed by atoms with Crippen LogP contribution in [-0.4, -0.2) is 56.7 Å². The third-order valence-corrected chi connectivity index (χ3v) is 3.96. The van der Waals surface area contributed by atoms with Crippen molar-refractivity contribution in [1.82, 2.24) is 10.2 Å². The highest BCUT2D eigenvalue weighted by Crippen LogP contribution is 2.26. The minimum atomic E-state index is -4.52. The Labute approximate surface area is 148 Å². The normalized spacial score (nSPS) is 16.9. The highest BCUT2D eigenvalue weighted by atomic mass is 19.4. The Morgan fingerprint density at radius 1 is 1.32 bits per heavy atom. The second kappa shape index (κ2) is 10.2. The lowest BCUT2D eigenvalue weighted by molar-refractivity contribution is -0.0924. The molecule has 0 amide bonds. The molecule has 0 aliphatic carbocycles. The first kappa shape index (κ1) is 23.1. The van der Waals surface area contributed by atoms with Gasteiger partial charge in [-0.15, -0.1) is 0 Å². The van der Waals surface area contributed by atoms with Crippen molar-refractivity contribution in [2.75, 3.05) is 27.2 Å². The second-order valence-electron chi connectivity index (χ2n) is 6.19. The van der Waals surface area contributed by atoms with Crippen LogP contribution in [0.15, 0.2) is 46.2 Å². The maximum Gasteiger partial charge on any atom is 0.433 e. The van der Waals surface area contributed by atoms with Gasteiger partial charge in [-0.3, -0.25) is 4.99 Å².